The van der Waals surface area contributed by atoms with Gasteiger partial charge in [0.05, 0.1) is 17.6 Å². The lowest BCUT2D eigenvalue weighted by molar-refractivity contribution is 0.0505. The van der Waals surface area contributed by atoms with Gasteiger partial charge in [0.15, 0.2) is 0 Å². The lowest BCUT2D eigenvalue weighted by atomic mass is 10.1. The third kappa shape index (κ3) is 4.31. The van der Waals surface area contributed by atoms with E-state index in [4.69, 9.17) is 4.74 Å². The van der Waals surface area contributed by atoms with Crippen molar-refractivity contribution in [2.45, 2.75) is 13.3 Å². The summed E-state index contributed by atoms with van der Waals surface area (Å²) in [6.45, 7) is 2.38. The van der Waals surface area contributed by atoms with Gasteiger partial charge < -0.3 is 10.1 Å². The van der Waals surface area contributed by atoms with Crippen molar-refractivity contribution in [1.82, 2.24) is 9.97 Å². The van der Waals surface area contributed by atoms with Crippen molar-refractivity contribution in [3.05, 3.63) is 70.3 Å². The van der Waals surface area contributed by atoms with E-state index in [1.807, 2.05) is 31.2 Å². The summed E-state index contributed by atoms with van der Waals surface area (Å²) in [7, 11) is 0. The number of hydrogen-bond acceptors (Lipinski definition) is 6. The van der Waals surface area contributed by atoms with Crippen LogP contribution in [0.3, 0.4) is 0 Å². The molecular formula is C22H18BrN3O2S. The Bertz CT molecular complexity index is 1160. The normalized spacial score (nSPS) is 10.8. The smallest absolute Gasteiger partial charge is 0.338 e. The van der Waals surface area contributed by atoms with E-state index in [-0.39, 0.29) is 5.97 Å². The highest BCUT2D eigenvalue weighted by atomic mass is 79.9. The largest absolute Gasteiger partial charge is 0.462 e. The lowest BCUT2D eigenvalue weighted by Crippen LogP contribution is -2.06. The molecule has 0 radical (unpaired) electrons. The number of benzene rings is 2. The van der Waals surface area contributed by atoms with Gasteiger partial charge in [0, 0.05) is 21.1 Å². The first kappa shape index (κ1) is 19.5. The van der Waals surface area contributed by atoms with Crippen LogP contribution < -0.4 is 5.32 Å². The summed E-state index contributed by atoms with van der Waals surface area (Å²) in [6, 6.07) is 15.4. The van der Waals surface area contributed by atoms with Gasteiger partial charge in [-0.05, 0) is 42.3 Å². The van der Waals surface area contributed by atoms with E-state index in [1.54, 1.807) is 29.8 Å². The number of hydrogen-bond donors (Lipinski definition) is 1. The Labute approximate surface area is 180 Å². The molecule has 7 heteroatoms. The first-order chi connectivity index (χ1) is 14.2. The van der Waals surface area contributed by atoms with Gasteiger partial charge >= 0.3 is 5.97 Å². The van der Waals surface area contributed by atoms with Crippen molar-refractivity contribution in [2.75, 3.05) is 11.9 Å². The Kier molecular flexibility index (Phi) is 5.87. The number of nitrogens with one attached hydrogen (secondary N) is 1. The van der Waals surface area contributed by atoms with Crippen LogP contribution in [0, 0.1) is 0 Å². The number of carbonyl (C=O) groups is 1. The number of carbonyl (C=O) groups excluding carboxylic acids is 1. The molecule has 4 aromatic rings. The van der Waals surface area contributed by atoms with E-state index < -0.39 is 0 Å². The highest BCUT2D eigenvalue weighted by Crippen LogP contribution is 2.37. The van der Waals surface area contributed by atoms with Crippen molar-refractivity contribution >= 4 is 55.0 Å². The molecule has 0 spiro atoms. The van der Waals surface area contributed by atoms with Gasteiger partial charge in [0.25, 0.3) is 0 Å². The Hall–Kier alpha value is -2.77. The topological polar surface area (TPSA) is 64.1 Å². The number of rotatable bonds is 6. The molecule has 0 aliphatic carbocycles. The number of nitrogens with zero attached hydrogens (tertiary/aromatic N) is 2. The molecule has 0 atom stereocenters. The Morgan fingerprint density at radius 1 is 1.17 bits per heavy atom. The molecule has 0 aliphatic rings. The molecular weight excluding hydrogens is 450 g/mol. The molecule has 0 fully saturated rings. The van der Waals surface area contributed by atoms with Gasteiger partial charge in [-0.25, -0.2) is 14.8 Å². The second-order valence-corrected chi connectivity index (χ2v) is 8.17. The van der Waals surface area contributed by atoms with Crippen molar-refractivity contribution in [3.8, 4) is 11.1 Å². The summed E-state index contributed by atoms with van der Waals surface area (Å²) in [5.41, 5.74) is 3.43. The molecule has 0 saturated heterocycles. The van der Waals surface area contributed by atoms with Crippen LogP contribution in [0.1, 0.15) is 23.7 Å². The minimum absolute atomic E-state index is 0.325. The fourth-order valence-electron chi connectivity index (χ4n) is 2.95. The molecule has 1 N–H and O–H groups in total. The Balaban J connectivity index is 1.69. The predicted octanol–water partition coefficient (Wildman–Crippen LogP) is 6.43. The highest BCUT2D eigenvalue weighted by molar-refractivity contribution is 9.10. The van der Waals surface area contributed by atoms with E-state index in [1.165, 1.54) is 0 Å². The van der Waals surface area contributed by atoms with Gasteiger partial charge in [0.2, 0.25) is 0 Å². The van der Waals surface area contributed by atoms with Crippen molar-refractivity contribution in [3.63, 3.8) is 0 Å². The van der Waals surface area contributed by atoms with Crippen LogP contribution >= 0.6 is 27.3 Å². The van der Waals surface area contributed by atoms with Gasteiger partial charge in [-0.3, -0.25) is 0 Å². The maximum absolute atomic E-state index is 12.2. The fraction of sp³-hybridized carbons (Fsp3) is 0.136. The number of aromatic nitrogens is 2. The number of ether oxygens (including phenoxy) is 1. The average molecular weight is 468 g/mol. The summed E-state index contributed by atoms with van der Waals surface area (Å²) in [5.74, 6) is 0.377. The summed E-state index contributed by atoms with van der Waals surface area (Å²) >= 11 is 5.06. The maximum Gasteiger partial charge on any atom is 0.338 e. The predicted molar refractivity (Wildman–Crippen MR) is 121 cm³/mol. The maximum atomic E-state index is 12.2. The van der Waals surface area contributed by atoms with E-state index >= 15 is 0 Å². The average Bonchev–Trinajstić information content (AvgIpc) is 3.18. The lowest BCUT2D eigenvalue weighted by Gasteiger charge is -2.10. The minimum Gasteiger partial charge on any atom is -0.462 e. The second kappa shape index (κ2) is 8.71. The number of fused-ring (bicyclic) bond motifs is 1. The zero-order chi connectivity index (χ0) is 20.2. The zero-order valence-electron chi connectivity index (χ0n) is 15.7. The minimum atomic E-state index is -0.325. The second-order valence-electron chi connectivity index (χ2n) is 6.40. The summed E-state index contributed by atoms with van der Waals surface area (Å²) in [6.07, 6.45) is 2.34. The molecule has 4 rings (SSSR count). The summed E-state index contributed by atoms with van der Waals surface area (Å²) in [4.78, 5) is 21.9. The van der Waals surface area contributed by atoms with E-state index in [0.717, 1.165) is 37.9 Å². The number of halogens is 1. The molecule has 29 heavy (non-hydrogen) atoms. The van der Waals surface area contributed by atoms with Crippen LogP contribution in [0.2, 0.25) is 0 Å². The SMILES string of the molecule is CCCOC(=O)c1cccc(Nc2ncnc3scc(-c4ccc(Br)cc4)c23)c1. The third-order valence-corrected chi connectivity index (χ3v) is 5.74. The molecule has 5 nitrogen and oxygen atoms in total. The van der Waals surface area contributed by atoms with E-state index in [9.17, 15) is 4.79 Å². The van der Waals surface area contributed by atoms with Gasteiger partial charge in [-0.15, -0.1) is 11.3 Å². The molecule has 0 amide bonds. The molecule has 2 heterocycles. The first-order valence-corrected chi connectivity index (χ1v) is 10.9. The highest BCUT2D eigenvalue weighted by Gasteiger charge is 2.14. The molecule has 0 aliphatic heterocycles. The number of esters is 1. The molecule has 146 valence electrons. The summed E-state index contributed by atoms with van der Waals surface area (Å²) < 4.78 is 6.26. The van der Waals surface area contributed by atoms with Crippen LogP contribution in [0.4, 0.5) is 11.5 Å². The van der Waals surface area contributed by atoms with Crippen LogP contribution in [-0.4, -0.2) is 22.5 Å². The van der Waals surface area contributed by atoms with E-state index in [0.29, 0.717) is 18.0 Å². The van der Waals surface area contributed by atoms with Crippen LogP contribution in [0.15, 0.2) is 64.7 Å². The van der Waals surface area contributed by atoms with E-state index in [2.05, 4.69) is 48.7 Å². The first-order valence-electron chi connectivity index (χ1n) is 9.18. The molecule has 0 saturated carbocycles. The van der Waals surface area contributed by atoms with Gasteiger partial charge in [0.1, 0.15) is 17.0 Å². The fourth-order valence-corrected chi connectivity index (χ4v) is 4.13. The summed E-state index contributed by atoms with van der Waals surface area (Å²) in [5, 5.41) is 6.39. The quantitative estimate of drug-likeness (QED) is 0.331. The number of anilines is 2. The van der Waals surface area contributed by atoms with Crippen molar-refractivity contribution in [2.24, 2.45) is 0 Å². The number of thiophene rings is 1. The van der Waals surface area contributed by atoms with Crippen molar-refractivity contribution in [1.29, 1.82) is 0 Å². The van der Waals surface area contributed by atoms with Crippen LogP contribution in [-0.2, 0) is 4.74 Å². The van der Waals surface area contributed by atoms with Crippen LogP contribution in [0.25, 0.3) is 21.3 Å². The van der Waals surface area contributed by atoms with Gasteiger partial charge in [-0.1, -0.05) is 41.1 Å². The van der Waals surface area contributed by atoms with Gasteiger partial charge in [-0.2, -0.15) is 0 Å². The van der Waals surface area contributed by atoms with Crippen LogP contribution in [0.5, 0.6) is 0 Å². The third-order valence-electron chi connectivity index (χ3n) is 4.32. The molecule has 2 aromatic heterocycles. The molecule has 0 unspecified atom stereocenters. The monoisotopic (exact) mass is 467 g/mol. The Morgan fingerprint density at radius 2 is 2.00 bits per heavy atom. The zero-order valence-corrected chi connectivity index (χ0v) is 18.1. The Morgan fingerprint density at radius 3 is 2.79 bits per heavy atom. The van der Waals surface area contributed by atoms with Crippen molar-refractivity contribution < 1.29 is 9.53 Å². The molecule has 0 bridgehead atoms. The standard InChI is InChI=1S/C22H18BrN3O2S/c1-2-10-28-22(27)15-4-3-5-17(11-15)26-20-19-18(12-29-21(19)25-13-24-20)14-6-8-16(23)9-7-14/h3-9,11-13H,2,10H2,1H3,(H,24,25,26). The molecule has 2 aromatic carbocycles.